The minimum atomic E-state index is -1.01. The zero-order chi connectivity index (χ0) is 29.8. The molecule has 0 radical (unpaired) electrons. The van der Waals surface area contributed by atoms with E-state index in [1.807, 2.05) is 0 Å². The number of nitrogens with zero attached hydrogens (tertiary/aromatic N) is 4. The summed E-state index contributed by atoms with van der Waals surface area (Å²) in [5.74, 6) is 1.27. The van der Waals surface area contributed by atoms with Gasteiger partial charge in [-0.3, -0.25) is 4.90 Å². The molecule has 0 unspecified atom stereocenters. The first-order valence-corrected chi connectivity index (χ1v) is 14.9. The number of pyridine rings is 1. The van der Waals surface area contributed by atoms with Crippen LogP contribution in [0, 0.1) is 17.7 Å². The van der Waals surface area contributed by atoms with E-state index in [1.165, 1.54) is 19.2 Å². The van der Waals surface area contributed by atoms with Crippen LogP contribution in [0.3, 0.4) is 0 Å². The van der Waals surface area contributed by atoms with Crippen LogP contribution in [-0.2, 0) is 24.4 Å². The van der Waals surface area contributed by atoms with E-state index >= 15 is 0 Å². The number of hydrogen-bond donors (Lipinski definition) is 1. The quantitative estimate of drug-likeness (QED) is 0.236. The topological polar surface area (TPSA) is 98.9 Å². The van der Waals surface area contributed by atoms with Gasteiger partial charge in [-0.15, -0.1) is 0 Å². The van der Waals surface area contributed by atoms with E-state index in [2.05, 4.69) is 9.47 Å². The number of hydrogen-bond acceptors (Lipinski definition) is 7. The summed E-state index contributed by atoms with van der Waals surface area (Å²) in [6.07, 6.45) is 1.03. The molecule has 0 amide bonds. The van der Waals surface area contributed by atoms with Gasteiger partial charge in [-0.05, 0) is 48.6 Å². The molecule has 0 bridgehead atoms. The first-order valence-electron chi connectivity index (χ1n) is 14.2. The normalized spacial score (nSPS) is 22.8. The Kier molecular flexibility index (Phi) is 7.41. The van der Waals surface area contributed by atoms with E-state index in [9.17, 15) is 14.3 Å². The van der Waals surface area contributed by atoms with Gasteiger partial charge in [0, 0.05) is 42.3 Å². The van der Waals surface area contributed by atoms with Crippen molar-refractivity contribution in [3.05, 3.63) is 81.0 Å². The van der Waals surface area contributed by atoms with Gasteiger partial charge in [0.1, 0.15) is 29.5 Å². The summed E-state index contributed by atoms with van der Waals surface area (Å²) in [4.78, 5) is 23.8. The number of aromatic nitrogens is 3. The number of ether oxygens (including phenoxy) is 3. The fourth-order valence-corrected chi connectivity index (χ4v) is 6.76. The third-order valence-corrected chi connectivity index (χ3v) is 9.29. The zero-order valence-electron chi connectivity index (χ0n) is 23.3. The standard InChI is InChI=1S/C31H29Cl2FN4O5/c1-41-25-9-17(31(39)40)8-24-30(25)35-26(38(24)11-19-6-7-42-19)14-37-12-20-21(13-37)28(20)29-22(33)4-5-27(36-29)43-15-16-2-3-18(32)10-23(16)34/h2-5,8-10,19-21,28H,6-7,11-15H2,1H3,(H,39,40)/t19-,20-,21+,28+/m0/s1. The highest BCUT2D eigenvalue weighted by molar-refractivity contribution is 6.31. The molecule has 43 heavy (non-hydrogen) atoms. The van der Waals surface area contributed by atoms with Gasteiger partial charge < -0.3 is 23.9 Å². The summed E-state index contributed by atoms with van der Waals surface area (Å²) in [7, 11) is 1.53. The number of aromatic carboxylic acids is 1. The summed E-state index contributed by atoms with van der Waals surface area (Å²) in [5, 5.41) is 10.6. The molecule has 2 aromatic carbocycles. The van der Waals surface area contributed by atoms with Gasteiger partial charge in [-0.1, -0.05) is 29.3 Å². The summed E-state index contributed by atoms with van der Waals surface area (Å²) in [6, 6.07) is 11.2. The second-order valence-electron chi connectivity index (χ2n) is 11.4. The Morgan fingerprint density at radius 3 is 2.60 bits per heavy atom. The van der Waals surface area contributed by atoms with Crippen LogP contribution in [0.2, 0.25) is 10.0 Å². The Morgan fingerprint density at radius 1 is 1.14 bits per heavy atom. The SMILES string of the molecule is COc1cc(C(=O)O)cc2c1nc(CN1C[C@@H]3[C@H](C1)[C@H]3c1nc(OCc3ccc(Cl)cc3F)ccc1Cl)n2C[C@@H]1CCO1. The number of benzene rings is 2. The van der Waals surface area contributed by atoms with Crippen molar-refractivity contribution in [2.75, 3.05) is 26.8 Å². The lowest BCUT2D eigenvalue weighted by molar-refractivity contribution is -0.0591. The van der Waals surface area contributed by atoms with Crippen molar-refractivity contribution in [3.8, 4) is 11.6 Å². The Morgan fingerprint density at radius 2 is 1.93 bits per heavy atom. The smallest absolute Gasteiger partial charge is 0.335 e. The number of halogens is 3. The number of methoxy groups -OCH3 is 1. The highest BCUT2D eigenvalue weighted by Gasteiger charge is 2.57. The molecule has 7 rings (SSSR count). The maximum Gasteiger partial charge on any atom is 0.335 e. The molecule has 2 aromatic heterocycles. The molecule has 4 heterocycles. The third-order valence-electron chi connectivity index (χ3n) is 8.73. The lowest BCUT2D eigenvalue weighted by atomic mass is 10.1. The lowest BCUT2D eigenvalue weighted by Gasteiger charge is -2.28. The van der Waals surface area contributed by atoms with Crippen molar-refractivity contribution < 1.29 is 28.5 Å². The van der Waals surface area contributed by atoms with Crippen LogP contribution in [0.4, 0.5) is 4.39 Å². The third kappa shape index (κ3) is 5.42. The minimum absolute atomic E-state index is 0.0357. The number of likely N-dealkylation sites (tertiary alicyclic amines) is 1. The van der Waals surface area contributed by atoms with E-state index in [4.69, 9.17) is 47.4 Å². The van der Waals surface area contributed by atoms with Crippen LogP contribution in [0.5, 0.6) is 11.6 Å². The lowest BCUT2D eigenvalue weighted by Crippen LogP contribution is -2.33. The van der Waals surface area contributed by atoms with E-state index in [1.54, 1.807) is 30.3 Å². The molecular formula is C31H29Cl2FN4O5. The Bertz CT molecular complexity index is 1720. The van der Waals surface area contributed by atoms with Crippen molar-refractivity contribution in [3.63, 3.8) is 0 Å². The molecule has 2 aliphatic heterocycles. The molecule has 3 fully saturated rings. The number of carboxylic acids is 1. The molecule has 4 atom stereocenters. The number of carbonyl (C=O) groups is 1. The maximum atomic E-state index is 14.2. The highest BCUT2D eigenvalue weighted by Crippen LogP contribution is 2.59. The number of carboxylic acid groups (broad SMARTS) is 1. The molecule has 12 heteroatoms. The van der Waals surface area contributed by atoms with Crippen molar-refractivity contribution in [2.45, 2.75) is 38.1 Å². The Balaban J connectivity index is 1.06. The van der Waals surface area contributed by atoms with Gasteiger partial charge in [0.05, 0.1) is 48.1 Å². The maximum absolute atomic E-state index is 14.2. The first kappa shape index (κ1) is 28.3. The number of fused-ring (bicyclic) bond motifs is 2. The van der Waals surface area contributed by atoms with E-state index in [0.29, 0.717) is 57.7 Å². The summed E-state index contributed by atoms with van der Waals surface area (Å²) in [5.41, 5.74) is 2.75. The van der Waals surface area contributed by atoms with Crippen LogP contribution in [0.25, 0.3) is 11.0 Å². The molecule has 1 aliphatic carbocycles. The molecule has 1 N–H and O–H groups in total. The van der Waals surface area contributed by atoms with E-state index in [0.717, 1.165) is 43.2 Å². The number of piperidine rings is 1. The van der Waals surface area contributed by atoms with Gasteiger partial charge in [0.2, 0.25) is 5.88 Å². The van der Waals surface area contributed by atoms with Gasteiger partial charge >= 0.3 is 5.97 Å². The number of rotatable bonds is 10. The summed E-state index contributed by atoms with van der Waals surface area (Å²) >= 11 is 12.4. The first-order chi connectivity index (χ1) is 20.8. The van der Waals surface area contributed by atoms with Gasteiger partial charge in [0.25, 0.3) is 0 Å². The van der Waals surface area contributed by atoms with Gasteiger partial charge in [-0.25, -0.2) is 19.2 Å². The molecule has 4 aromatic rings. The number of imidazole rings is 1. The molecule has 1 saturated carbocycles. The van der Waals surface area contributed by atoms with E-state index < -0.39 is 11.8 Å². The van der Waals surface area contributed by atoms with Crippen molar-refractivity contribution in [2.24, 2.45) is 11.8 Å². The second kappa shape index (κ2) is 11.2. The average molecular weight is 628 g/mol. The largest absolute Gasteiger partial charge is 0.494 e. The molecule has 9 nitrogen and oxygen atoms in total. The van der Waals surface area contributed by atoms with Gasteiger partial charge in [-0.2, -0.15) is 0 Å². The van der Waals surface area contributed by atoms with Crippen molar-refractivity contribution >= 4 is 40.2 Å². The van der Waals surface area contributed by atoms with Crippen LogP contribution in [0.1, 0.15) is 39.8 Å². The Labute approximate surface area is 257 Å². The van der Waals surface area contributed by atoms with Crippen LogP contribution < -0.4 is 9.47 Å². The summed E-state index contributed by atoms with van der Waals surface area (Å²) < 4.78 is 33.3. The summed E-state index contributed by atoms with van der Waals surface area (Å²) in [6.45, 7) is 3.70. The van der Waals surface area contributed by atoms with Crippen molar-refractivity contribution in [1.82, 2.24) is 19.4 Å². The van der Waals surface area contributed by atoms with Crippen LogP contribution in [0.15, 0.2) is 42.5 Å². The van der Waals surface area contributed by atoms with E-state index in [-0.39, 0.29) is 24.2 Å². The molecule has 3 aliphatic rings. The minimum Gasteiger partial charge on any atom is -0.494 e. The molecule has 0 spiro atoms. The molecule has 2 saturated heterocycles. The predicted molar refractivity (Wildman–Crippen MR) is 158 cm³/mol. The fraction of sp³-hybridized carbons (Fsp3) is 0.387. The average Bonchev–Trinajstić information content (AvgIpc) is 3.27. The van der Waals surface area contributed by atoms with Gasteiger partial charge in [0.15, 0.2) is 0 Å². The monoisotopic (exact) mass is 626 g/mol. The highest BCUT2D eigenvalue weighted by atomic mass is 35.5. The predicted octanol–water partition coefficient (Wildman–Crippen LogP) is 5.80. The van der Waals surface area contributed by atoms with Crippen molar-refractivity contribution in [1.29, 1.82) is 0 Å². The molecular weight excluding hydrogens is 598 g/mol. The second-order valence-corrected chi connectivity index (χ2v) is 12.2. The molecule has 224 valence electrons. The van der Waals surface area contributed by atoms with Crippen LogP contribution in [-0.4, -0.2) is 63.4 Å². The van der Waals surface area contributed by atoms with Crippen LogP contribution >= 0.6 is 23.2 Å². The zero-order valence-corrected chi connectivity index (χ0v) is 24.8. The Hall–Kier alpha value is -3.44. The fourth-order valence-electron chi connectivity index (χ4n) is 6.37.